The number of hydrazine groups is 1. The lowest BCUT2D eigenvalue weighted by Crippen LogP contribution is -2.41. The van der Waals surface area contributed by atoms with Crippen molar-refractivity contribution in [3.8, 4) is 11.4 Å². The summed E-state index contributed by atoms with van der Waals surface area (Å²) in [6.45, 7) is 0.350. The molecule has 160 valence electrons. The highest BCUT2D eigenvalue weighted by Crippen LogP contribution is 2.13. The molecule has 0 radical (unpaired) electrons. The van der Waals surface area contributed by atoms with E-state index in [1.807, 2.05) is 30.3 Å². The monoisotopic (exact) mass is 434 g/mol. The molecule has 2 N–H and O–H groups in total. The minimum absolute atomic E-state index is 0.269. The third-order valence-corrected chi connectivity index (χ3v) is 4.49. The fourth-order valence-electron chi connectivity index (χ4n) is 2.86. The molecule has 0 atom stereocenters. The van der Waals surface area contributed by atoms with Crippen LogP contribution >= 0.6 is 0 Å². The summed E-state index contributed by atoms with van der Waals surface area (Å²) in [6.07, 6.45) is 0. The summed E-state index contributed by atoms with van der Waals surface area (Å²) < 4.78 is 26.6. The first-order valence-corrected chi connectivity index (χ1v) is 9.47. The second-order valence-electron chi connectivity index (χ2n) is 6.74. The first-order valence-electron chi connectivity index (χ1n) is 9.47. The summed E-state index contributed by atoms with van der Waals surface area (Å²) in [4.78, 5) is 25.6. The van der Waals surface area contributed by atoms with Gasteiger partial charge in [0.2, 0.25) is 5.82 Å². The maximum atomic E-state index is 13.6. The van der Waals surface area contributed by atoms with Crippen LogP contribution in [0.25, 0.3) is 11.4 Å². The predicted octanol–water partition coefficient (Wildman–Crippen LogP) is 2.74. The minimum atomic E-state index is -1.03. The molecule has 0 saturated carbocycles. The van der Waals surface area contributed by atoms with E-state index in [9.17, 15) is 18.4 Å². The first-order chi connectivity index (χ1) is 15.5. The molecule has 4 rings (SSSR count). The fourth-order valence-corrected chi connectivity index (χ4v) is 2.86. The number of aromatic nitrogens is 4. The molecule has 3 aromatic carbocycles. The van der Waals surface area contributed by atoms with Gasteiger partial charge in [0.15, 0.2) is 0 Å². The molecule has 0 unspecified atom stereocenters. The van der Waals surface area contributed by atoms with Gasteiger partial charge in [-0.3, -0.25) is 20.4 Å². The van der Waals surface area contributed by atoms with Crippen molar-refractivity contribution in [3.05, 3.63) is 101 Å². The third-order valence-electron chi connectivity index (χ3n) is 4.49. The molecule has 0 fully saturated rings. The van der Waals surface area contributed by atoms with Crippen LogP contribution in [0.2, 0.25) is 0 Å². The summed E-state index contributed by atoms with van der Waals surface area (Å²) in [7, 11) is 0. The number of hydrogen-bond acceptors (Lipinski definition) is 5. The molecule has 4 aromatic rings. The van der Waals surface area contributed by atoms with Gasteiger partial charge in [-0.25, -0.2) is 8.78 Å². The maximum absolute atomic E-state index is 13.6. The highest BCUT2D eigenvalue weighted by Gasteiger charge is 2.14. The maximum Gasteiger partial charge on any atom is 0.272 e. The second kappa shape index (κ2) is 9.13. The predicted molar refractivity (Wildman–Crippen MR) is 110 cm³/mol. The molecule has 0 saturated heterocycles. The average molecular weight is 434 g/mol. The molecule has 0 aliphatic rings. The Hall–Kier alpha value is -4.47. The van der Waals surface area contributed by atoms with Crippen molar-refractivity contribution in [3.63, 3.8) is 0 Å². The number of halogens is 2. The fraction of sp³-hybridized carbons (Fsp3) is 0.0455. The van der Waals surface area contributed by atoms with E-state index in [2.05, 4.69) is 26.3 Å². The lowest BCUT2D eigenvalue weighted by atomic mass is 10.1. The van der Waals surface area contributed by atoms with Crippen LogP contribution in [0.4, 0.5) is 8.78 Å². The van der Waals surface area contributed by atoms with Crippen LogP contribution < -0.4 is 10.9 Å². The van der Waals surface area contributed by atoms with E-state index in [1.54, 1.807) is 24.3 Å². The normalized spacial score (nSPS) is 10.6. The van der Waals surface area contributed by atoms with Crippen LogP contribution in [0, 0.1) is 11.6 Å². The zero-order chi connectivity index (χ0) is 22.5. The largest absolute Gasteiger partial charge is 0.272 e. The van der Waals surface area contributed by atoms with Crippen LogP contribution in [0.5, 0.6) is 0 Å². The van der Waals surface area contributed by atoms with Crippen molar-refractivity contribution in [2.45, 2.75) is 6.54 Å². The molecule has 1 aromatic heterocycles. The zero-order valence-corrected chi connectivity index (χ0v) is 16.5. The van der Waals surface area contributed by atoms with E-state index >= 15 is 0 Å². The standard InChI is InChI=1S/C22H16F2N6O2/c23-17-10-11-18(19(24)12-17)22(32)27-26-21(31)16-8-6-14(7-9-16)13-30-28-20(25-29-30)15-4-2-1-3-5-15/h1-12H,13H2,(H,26,31)(H,27,32). The Morgan fingerprint density at radius 1 is 0.875 bits per heavy atom. The number of hydrogen-bond donors (Lipinski definition) is 2. The molecule has 0 aliphatic carbocycles. The van der Waals surface area contributed by atoms with E-state index in [4.69, 9.17) is 0 Å². The van der Waals surface area contributed by atoms with Crippen molar-refractivity contribution in [1.82, 2.24) is 31.1 Å². The Balaban J connectivity index is 1.34. The molecular weight excluding hydrogens is 418 g/mol. The van der Waals surface area contributed by atoms with Gasteiger partial charge in [0.05, 0.1) is 12.1 Å². The van der Waals surface area contributed by atoms with Gasteiger partial charge < -0.3 is 0 Å². The number of rotatable bonds is 5. The summed E-state index contributed by atoms with van der Waals surface area (Å²) in [5, 5.41) is 12.4. The summed E-state index contributed by atoms with van der Waals surface area (Å²) >= 11 is 0. The highest BCUT2D eigenvalue weighted by atomic mass is 19.1. The number of tetrazole rings is 1. The molecule has 10 heteroatoms. The summed E-state index contributed by atoms with van der Waals surface area (Å²) in [6, 6.07) is 18.5. The number of nitrogens with zero attached hydrogens (tertiary/aromatic N) is 4. The van der Waals surface area contributed by atoms with E-state index in [1.165, 1.54) is 4.80 Å². The number of carbonyl (C=O) groups excluding carboxylic acids is 2. The molecular formula is C22H16F2N6O2. The van der Waals surface area contributed by atoms with Crippen LogP contribution in [-0.4, -0.2) is 32.0 Å². The van der Waals surface area contributed by atoms with Crippen LogP contribution in [0.1, 0.15) is 26.3 Å². The van der Waals surface area contributed by atoms with Crippen molar-refractivity contribution in [2.24, 2.45) is 0 Å². The van der Waals surface area contributed by atoms with Gasteiger partial charge in [-0.05, 0) is 35.0 Å². The van der Waals surface area contributed by atoms with E-state index < -0.39 is 29.0 Å². The number of benzene rings is 3. The zero-order valence-electron chi connectivity index (χ0n) is 16.5. The quantitative estimate of drug-likeness (QED) is 0.471. The Morgan fingerprint density at radius 2 is 1.59 bits per heavy atom. The number of carbonyl (C=O) groups is 2. The van der Waals surface area contributed by atoms with Crippen molar-refractivity contribution in [1.29, 1.82) is 0 Å². The highest BCUT2D eigenvalue weighted by molar-refractivity contribution is 5.99. The van der Waals surface area contributed by atoms with Crippen molar-refractivity contribution >= 4 is 11.8 Å². The molecule has 0 bridgehead atoms. The Bertz CT molecular complexity index is 1260. The summed E-state index contributed by atoms with van der Waals surface area (Å²) in [5.74, 6) is -2.83. The topological polar surface area (TPSA) is 102 Å². The van der Waals surface area contributed by atoms with E-state index in [0.717, 1.165) is 23.3 Å². The lowest BCUT2D eigenvalue weighted by Gasteiger charge is -2.08. The Kier molecular flexibility index (Phi) is 5.93. The first kappa shape index (κ1) is 20.8. The van der Waals surface area contributed by atoms with Crippen LogP contribution in [0.15, 0.2) is 72.8 Å². The molecule has 2 amide bonds. The molecule has 32 heavy (non-hydrogen) atoms. The minimum Gasteiger partial charge on any atom is -0.267 e. The molecule has 0 spiro atoms. The lowest BCUT2D eigenvalue weighted by molar-refractivity contribution is 0.0844. The van der Waals surface area contributed by atoms with E-state index in [-0.39, 0.29) is 5.56 Å². The Labute approximate surface area is 180 Å². The Morgan fingerprint density at radius 3 is 2.31 bits per heavy atom. The van der Waals surface area contributed by atoms with Gasteiger partial charge in [0.25, 0.3) is 11.8 Å². The second-order valence-corrected chi connectivity index (χ2v) is 6.74. The van der Waals surface area contributed by atoms with Crippen LogP contribution in [0.3, 0.4) is 0 Å². The van der Waals surface area contributed by atoms with Gasteiger partial charge in [-0.1, -0.05) is 42.5 Å². The van der Waals surface area contributed by atoms with Gasteiger partial charge in [-0.15, -0.1) is 10.2 Å². The SMILES string of the molecule is O=C(NNC(=O)c1ccc(F)cc1F)c1ccc(Cn2nnc(-c3ccccc3)n2)cc1. The average Bonchev–Trinajstić information content (AvgIpc) is 3.27. The number of amides is 2. The van der Waals surface area contributed by atoms with Crippen LogP contribution in [-0.2, 0) is 6.54 Å². The molecule has 0 aliphatic heterocycles. The van der Waals surface area contributed by atoms with Gasteiger partial charge in [-0.2, -0.15) is 4.80 Å². The van der Waals surface area contributed by atoms with Crippen molar-refractivity contribution in [2.75, 3.05) is 0 Å². The third kappa shape index (κ3) is 4.81. The smallest absolute Gasteiger partial charge is 0.267 e. The van der Waals surface area contributed by atoms with Gasteiger partial charge in [0, 0.05) is 17.2 Å². The number of nitrogens with one attached hydrogen (secondary N) is 2. The van der Waals surface area contributed by atoms with E-state index in [0.29, 0.717) is 18.4 Å². The summed E-state index contributed by atoms with van der Waals surface area (Å²) in [5.41, 5.74) is 5.85. The van der Waals surface area contributed by atoms with Gasteiger partial charge >= 0.3 is 0 Å². The molecule has 1 heterocycles. The molecule has 8 nitrogen and oxygen atoms in total. The van der Waals surface area contributed by atoms with Gasteiger partial charge in [0.1, 0.15) is 11.6 Å². The van der Waals surface area contributed by atoms with Crippen molar-refractivity contribution < 1.29 is 18.4 Å².